The van der Waals surface area contributed by atoms with Crippen molar-refractivity contribution in [2.24, 2.45) is 0 Å². The minimum absolute atomic E-state index is 0.157. The summed E-state index contributed by atoms with van der Waals surface area (Å²) in [5.41, 5.74) is 2.03. The van der Waals surface area contributed by atoms with Gasteiger partial charge in [0.05, 0.1) is 11.3 Å². The van der Waals surface area contributed by atoms with Crippen molar-refractivity contribution < 1.29 is 4.79 Å². The molecular formula is C13H8Br3ClN2O. The van der Waals surface area contributed by atoms with Crippen LogP contribution in [-0.4, -0.2) is 10.9 Å². The number of halogens is 4. The van der Waals surface area contributed by atoms with Crippen LogP contribution in [0.25, 0.3) is 0 Å². The maximum absolute atomic E-state index is 12.3. The van der Waals surface area contributed by atoms with Gasteiger partial charge in [-0.2, -0.15) is 0 Å². The predicted octanol–water partition coefficient (Wildman–Crippen LogP) is 5.58. The van der Waals surface area contributed by atoms with E-state index in [4.69, 9.17) is 11.6 Å². The Morgan fingerprint density at radius 3 is 2.40 bits per heavy atom. The van der Waals surface area contributed by atoms with Crippen LogP contribution in [0.4, 0.5) is 5.69 Å². The number of nitrogens with zero attached hydrogens (tertiary/aromatic N) is 1. The molecule has 0 atom stereocenters. The molecule has 2 rings (SSSR count). The molecule has 20 heavy (non-hydrogen) atoms. The van der Waals surface area contributed by atoms with E-state index in [1.807, 2.05) is 19.1 Å². The zero-order chi connectivity index (χ0) is 14.9. The fourth-order valence-electron chi connectivity index (χ4n) is 1.58. The molecule has 2 aromatic rings. The number of benzene rings is 1. The van der Waals surface area contributed by atoms with E-state index in [2.05, 4.69) is 58.1 Å². The number of nitrogens with one attached hydrogen (secondary N) is 1. The van der Waals surface area contributed by atoms with E-state index in [-0.39, 0.29) is 11.1 Å². The van der Waals surface area contributed by atoms with Gasteiger partial charge in [0.1, 0.15) is 5.15 Å². The molecule has 0 spiro atoms. The van der Waals surface area contributed by atoms with Gasteiger partial charge < -0.3 is 5.32 Å². The Bertz CT molecular complexity index is 668. The van der Waals surface area contributed by atoms with Crippen LogP contribution in [0, 0.1) is 6.92 Å². The van der Waals surface area contributed by atoms with Crippen LogP contribution >= 0.6 is 59.4 Å². The van der Waals surface area contributed by atoms with Crippen molar-refractivity contribution in [2.45, 2.75) is 6.92 Å². The molecule has 0 saturated heterocycles. The van der Waals surface area contributed by atoms with Crippen LogP contribution in [0.1, 0.15) is 15.9 Å². The number of carbonyl (C=O) groups excluding carboxylic acids is 1. The molecule has 1 aromatic carbocycles. The first-order valence-electron chi connectivity index (χ1n) is 5.46. The topological polar surface area (TPSA) is 42.0 Å². The first kappa shape index (κ1) is 15.9. The van der Waals surface area contributed by atoms with Crippen molar-refractivity contribution >= 4 is 71.0 Å². The Hall–Kier alpha value is -0.430. The van der Waals surface area contributed by atoms with Gasteiger partial charge in [-0.3, -0.25) is 4.79 Å². The maximum Gasteiger partial charge on any atom is 0.258 e. The van der Waals surface area contributed by atoms with Crippen molar-refractivity contribution in [2.75, 3.05) is 5.32 Å². The summed E-state index contributed by atoms with van der Waals surface area (Å²) in [7, 11) is 0. The number of pyridine rings is 1. The minimum Gasteiger partial charge on any atom is -0.320 e. The zero-order valence-corrected chi connectivity index (χ0v) is 15.7. The molecule has 7 heteroatoms. The molecule has 0 aliphatic carbocycles. The van der Waals surface area contributed by atoms with E-state index in [1.54, 1.807) is 6.07 Å². The second kappa shape index (κ2) is 6.56. The average molecular weight is 483 g/mol. The van der Waals surface area contributed by atoms with Crippen molar-refractivity contribution in [3.8, 4) is 0 Å². The lowest BCUT2D eigenvalue weighted by atomic mass is 10.2. The summed E-state index contributed by atoms with van der Waals surface area (Å²) in [6, 6.07) is 5.46. The molecule has 1 aromatic heterocycles. The van der Waals surface area contributed by atoms with E-state index in [0.717, 1.165) is 14.5 Å². The van der Waals surface area contributed by atoms with Crippen LogP contribution in [0.5, 0.6) is 0 Å². The highest BCUT2D eigenvalue weighted by atomic mass is 79.9. The van der Waals surface area contributed by atoms with Gasteiger partial charge in [0.2, 0.25) is 0 Å². The molecule has 0 aliphatic heterocycles. The van der Waals surface area contributed by atoms with Gasteiger partial charge in [-0.15, -0.1) is 0 Å². The van der Waals surface area contributed by atoms with E-state index in [1.165, 1.54) is 6.20 Å². The molecule has 104 valence electrons. The number of hydrogen-bond donors (Lipinski definition) is 1. The van der Waals surface area contributed by atoms with E-state index in [0.29, 0.717) is 15.7 Å². The highest BCUT2D eigenvalue weighted by molar-refractivity contribution is 9.11. The SMILES string of the molecule is Cc1cc(Br)c(NC(=O)c2cc(Br)cnc2Cl)c(Br)c1. The quantitative estimate of drug-likeness (QED) is 0.567. The van der Waals surface area contributed by atoms with Crippen LogP contribution in [0.15, 0.2) is 37.8 Å². The van der Waals surface area contributed by atoms with Crippen LogP contribution in [0.3, 0.4) is 0 Å². The predicted molar refractivity (Wildman–Crippen MR) is 91.5 cm³/mol. The fraction of sp³-hybridized carbons (Fsp3) is 0.0769. The first-order valence-corrected chi connectivity index (χ1v) is 8.22. The molecule has 0 bridgehead atoms. The molecule has 0 radical (unpaired) electrons. The highest BCUT2D eigenvalue weighted by Crippen LogP contribution is 2.33. The average Bonchev–Trinajstić information content (AvgIpc) is 2.36. The molecule has 3 nitrogen and oxygen atoms in total. The van der Waals surface area contributed by atoms with Gasteiger partial charge in [0.15, 0.2) is 0 Å². The fourth-order valence-corrected chi connectivity index (χ4v) is 3.72. The second-order valence-corrected chi connectivity index (χ2v) is 7.03. The smallest absolute Gasteiger partial charge is 0.258 e. The summed E-state index contributed by atoms with van der Waals surface area (Å²) in [4.78, 5) is 16.2. The van der Waals surface area contributed by atoms with Crippen molar-refractivity contribution in [3.63, 3.8) is 0 Å². The Balaban J connectivity index is 2.35. The number of rotatable bonds is 2. The molecule has 1 amide bonds. The number of aromatic nitrogens is 1. The molecule has 0 saturated carbocycles. The molecule has 0 unspecified atom stereocenters. The lowest BCUT2D eigenvalue weighted by molar-refractivity contribution is 0.102. The third-order valence-electron chi connectivity index (χ3n) is 2.48. The van der Waals surface area contributed by atoms with Gasteiger partial charge in [-0.1, -0.05) is 11.6 Å². The summed E-state index contributed by atoms with van der Waals surface area (Å²) >= 11 is 16.1. The van der Waals surface area contributed by atoms with Gasteiger partial charge >= 0.3 is 0 Å². The first-order chi connectivity index (χ1) is 9.38. The van der Waals surface area contributed by atoms with Crippen molar-refractivity contribution in [1.29, 1.82) is 0 Å². The lowest BCUT2D eigenvalue weighted by Crippen LogP contribution is -2.14. The summed E-state index contributed by atoms with van der Waals surface area (Å²) < 4.78 is 2.27. The number of anilines is 1. The van der Waals surface area contributed by atoms with Gasteiger partial charge in [-0.05, 0) is 78.5 Å². The number of aryl methyl sites for hydroxylation is 1. The molecule has 0 fully saturated rings. The van der Waals surface area contributed by atoms with Crippen LogP contribution < -0.4 is 5.32 Å². The lowest BCUT2D eigenvalue weighted by Gasteiger charge is -2.11. The maximum atomic E-state index is 12.3. The summed E-state index contributed by atoms with van der Waals surface area (Å²) in [5, 5.41) is 2.97. The third-order valence-corrected chi connectivity index (χ3v) is 4.46. The Labute approximate surface area is 146 Å². The summed E-state index contributed by atoms with van der Waals surface area (Å²) in [6.07, 6.45) is 1.54. The second-order valence-electron chi connectivity index (χ2n) is 4.05. The number of carbonyl (C=O) groups is 1. The number of hydrogen-bond acceptors (Lipinski definition) is 2. The monoisotopic (exact) mass is 480 g/mol. The van der Waals surface area contributed by atoms with Crippen LogP contribution in [-0.2, 0) is 0 Å². The highest BCUT2D eigenvalue weighted by Gasteiger charge is 2.15. The largest absolute Gasteiger partial charge is 0.320 e. The molecule has 0 aliphatic rings. The Morgan fingerprint density at radius 1 is 1.20 bits per heavy atom. The molecular weight excluding hydrogens is 475 g/mol. The van der Waals surface area contributed by atoms with Gasteiger partial charge in [0.25, 0.3) is 5.91 Å². The molecule has 1 heterocycles. The summed E-state index contributed by atoms with van der Waals surface area (Å²) in [6.45, 7) is 1.97. The standard InChI is InChI=1S/C13H8Br3ClN2O/c1-6-2-9(15)11(10(16)3-6)19-13(20)8-4-7(14)5-18-12(8)17/h2-5H,1H3,(H,19,20). The van der Waals surface area contributed by atoms with Crippen molar-refractivity contribution in [1.82, 2.24) is 4.98 Å². The Kier molecular flexibility index (Phi) is 5.23. The minimum atomic E-state index is -0.325. The zero-order valence-electron chi connectivity index (χ0n) is 10.2. The third kappa shape index (κ3) is 3.61. The number of amides is 1. The Morgan fingerprint density at radius 2 is 1.80 bits per heavy atom. The van der Waals surface area contributed by atoms with E-state index >= 15 is 0 Å². The van der Waals surface area contributed by atoms with Gasteiger partial charge in [-0.25, -0.2) is 4.98 Å². The molecule has 1 N–H and O–H groups in total. The normalized spacial score (nSPS) is 10.4. The van der Waals surface area contributed by atoms with Crippen LogP contribution in [0.2, 0.25) is 5.15 Å². The van der Waals surface area contributed by atoms with Gasteiger partial charge in [0, 0.05) is 19.6 Å². The van der Waals surface area contributed by atoms with E-state index < -0.39 is 0 Å². The van der Waals surface area contributed by atoms with E-state index in [9.17, 15) is 4.79 Å². The summed E-state index contributed by atoms with van der Waals surface area (Å²) in [5.74, 6) is -0.325. The van der Waals surface area contributed by atoms with Crippen molar-refractivity contribution in [3.05, 3.63) is 54.1 Å².